The van der Waals surface area contributed by atoms with Crippen LogP contribution in [0, 0.1) is 5.92 Å². The van der Waals surface area contributed by atoms with Gasteiger partial charge in [0.1, 0.15) is 0 Å². The molecule has 0 heterocycles. The zero-order chi connectivity index (χ0) is 19.4. The first-order valence-electron chi connectivity index (χ1n) is 9.12. The van der Waals surface area contributed by atoms with Crippen molar-refractivity contribution >= 4 is 47.2 Å². The molecule has 0 saturated heterocycles. The van der Waals surface area contributed by atoms with Crippen LogP contribution < -0.4 is 16.4 Å². The van der Waals surface area contributed by atoms with Gasteiger partial charge >= 0.3 is 0 Å². The lowest BCUT2D eigenvalue weighted by molar-refractivity contribution is -0.122. The fourth-order valence-corrected chi connectivity index (χ4v) is 3.59. The van der Waals surface area contributed by atoms with E-state index in [1.165, 1.54) is 0 Å². The van der Waals surface area contributed by atoms with Crippen molar-refractivity contribution in [3.05, 3.63) is 59.1 Å². The Bertz CT molecular complexity index is 821. The molecule has 0 bridgehead atoms. The minimum Gasteiger partial charge on any atom is -0.326 e. The monoisotopic (exact) mass is 421 g/mol. The maximum absolute atomic E-state index is 12.6. The van der Waals surface area contributed by atoms with Crippen LogP contribution in [0.4, 0.5) is 11.4 Å². The van der Waals surface area contributed by atoms with E-state index in [1.807, 2.05) is 6.92 Å². The third-order valence-corrected chi connectivity index (χ3v) is 5.34. The Hall–Kier alpha value is -2.08. The van der Waals surface area contributed by atoms with Crippen molar-refractivity contribution < 1.29 is 9.59 Å². The first kappa shape index (κ1) is 22.2. The highest BCUT2D eigenvalue weighted by molar-refractivity contribution is 6.30. The predicted octanol–water partition coefficient (Wildman–Crippen LogP) is 4.86. The molecule has 3 rings (SSSR count). The highest BCUT2D eigenvalue weighted by Gasteiger charge is 2.37. The van der Waals surface area contributed by atoms with Gasteiger partial charge in [-0.3, -0.25) is 9.59 Å². The smallest absolute Gasteiger partial charge is 0.255 e. The largest absolute Gasteiger partial charge is 0.326 e. The lowest BCUT2D eigenvalue weighted by Crippen LogP contribution is -2.51. The maximum Gasteiger partial charge on any atom is 0.255 e. The van der Waals surface area contributed by atoms with Gasteiger partial charge < -0.3 is 16.4 Å². The molecule has 0 radical (unpaired) electrons. The molecule has 2 atom stereocenters. The van der Waals surface area contributed by atoms with E-state index >= 15 is 0 Å². The average molecular weight is 422 g/mol. The molecule has 2 unspecified atom stereocenters. The highest BCUT2D eigenvalue weighted by Crippen LogP contribution is 2.32. The number of hydrogen-bond acceptors (Lipinski definition) is 3. The Balaban J connectivity index is 0.00000280. The summed E-state index contributed by atoms with van der Waals surface area (Å²) in [5.74, 6) is -0.447. The summed E-state index contributed by atoms with van der Waals surface area (Å²) in [4.78, 5) is 24.8. The van der Waals surface area contributed by atoms with Crippen molar-refractivity contribution in [2.24, 2.45) is 11.7 Å². The molecule has 2 aromatic carbocycles. The van der Waals surface area contributed by atoms with Gasteiger partial charge in [0, 0.05) is 27.5 Å². The van der Waals surface area contributed by atoms with Gasteiger partial charge in [-0.25, -0.2) is 0 Å². The van der Waals surface area contributed by atoms with E-state index < -0.39 is 5.54 Å². The number of rotatable bonds is 4. The van der Waals surface area contributed by atoms with Gasteiger partial charge in [-0.05, 0) is 68.3 Å². The first-order valence-corrected chi connectivity index (χ1v) is 9.50. The summed E-state index contributed by atoms with van der Waals surface area (Å²) < 4.78 is 0. The molecule has 0 spiro atoms. The number of nitrogens with two attached hydrogens (primary N) is 1. The highest BCUT2D eigenvalue weighted by atomic mass is 35.5. The Morgan fingerprint density at radius 2 is 1.57 bits per heavy atom. The lowest BCUT2D eigenvalue weighted by Gasteiger charge is -2.37. The Labute approximate surface area is 176 Å². The second-order valence-corrected chi connectivity index (χ2v) is 7.77. The van der Waals surface area contributed by atoms with Gasteiger partial charge in [0.05, 0.1) is 5.92 Å². The van der Waals surface area contributed by atoms with Crippen LogP contribution in [-0.2, 0) is 4.79 Å². The first-order chi connectivity index (χ1) is 12.8. The molecule has 28 heavy (non-hydrogen) atoms. The number of hydrogen-bond donors (Lipinski definition) is 3. The van der Waals surface area contributed by atoms with Crippen molar-refractivity contribution in [3.8, 4) is 0 Å². The third-order valence-electron chi connectivity index (χ3n) is 5.09. The second-order valence-electron chi connectivity index (χ2n) is 7.33. The Morgan fingerprint density at radius 1 is 1.00 bits per heavy atom. The number of halogens is 2. The van der Waals surface area contributed by atoms with Crippen molar-refractivity contribution in [1.82, 2.24) is 0 Å². The molecule has 0 aliphatic heterocycles. The van der Waals surface area contributed by atoms with Gasteiger partial charge in [-0.2, -0.15) is 0 Å². The van der Waals surface area contributed by atoms with Gasteiger partial charge in [-0.15, -0.1) is 12.4 Å². The molecule has 0 aromatic heterocycles. The van der Waals surface area contributed by atoms with E-state index in [4.69, 9.17) is 17.3 Å². The van der Waals surface area contributed by atoms with Gasteiger partial charge in [-0.1, -0.05) is 24.4 Å². The average Bonchev–Trinajstić information content (AvgIpc) is 2.63. The maximum atomic E-state index is 12.6. The number of benzene rings is 2. The summed E-state index contributed by atoms with van der Waals surface area (Å²) in [6, 6.07) is 13.7. The van der Waals surface area contributed by atoms with Crippen molar-refractivity contribution in [1.29, 1.82) is 0 Å². The Kier molecular flexibility index (Phi) is 7.47. The number of nitrogens with one attached hydrogen (secondary N) is 2. The quantitative estimate of drug-likeness (QED) is 0.658. The fourth-order valence-electron chi connectivity index (χ4n) is 3.46. The van der Waals surface area contributed by atoms with Crippen LogP contribution >= 0.6 is 24.0 Å². The minimum atomic E-state index is -0.463. The number of amides is 2. The summed E-state index contributed by atoms with van der Waals surface area (Å²) in [5.41, 5.74) is 7.70. The molecule has 7 heteroatoms. The van der Waals surface area contributed by atoms with Crippen LogP contribution in [0.5, 0.6) is 0 Å². The zero-order valence-electron chi connectivity index (χ0n) is 15.7. The van der Waals surface area contributed by atoms with Gasteiger partial charge in [0.25, 0.3) is 5.91 Å². The van der Waals surface area contributed by atoms with Crippen LogP contribution in [0.1, 0.15) is 43.0 Å². The fraction of sp³-hybridized carbons (Fsp3) is 0.333. The molecule has 150 valence electrons. The van der Waals surface area contributed by atoms with Crippen LogP contribution in [-0.4, -0.2) is 17.4 Å². The predicted molar refractivity (Wildman–Crippen MR) is 116 cm³/mol. The molecule has 2 amide bonds. The van der Waals surface area contributed by atoms with Crippen LogP contribution in [0.25, 0.3) is 0 Å². The molecule has 2 aromatic rings. The van der Waals surface area contributed by atoms with E-state index in [9.17, 15) is 9.59 Å². The third kappa shape index (κ3) is 5.47. The van der Waals surface area contributed by atoms with E-state index in [0.717, 1.165) is 25.7 Å². The standard InChI is InChI=1S/C21H24ClN3O2.ClH/c1-21(23)13-3-2-4-18(21)20(27)25-17-11-9-16(10-12-17)24-19(26)14-5-7-15(22)8-6-14;/h5-12,18H,2-4,13,23H2,1H3,(H,24,26)(H,25,27);1H. The summed E-state index contributed by atoms with van der Waals surface area (Å²) in [6.07, 6.45) is 3.77. The van der Waals surface area contributed by atoms with Crippen LogP contribution in [0.3, 0.4) is 0 Å². The Morgan fingerprint density at radius 3 is 2.14 bits per heavy atom. The van der Waals surface area contributed by atoms with E-state index in [0.29, 0.717) is 22.0 Å². The number of anilines is 2. The van der Waals surface area contributed by atoms with Gasteiger partial charge in [0.15, 0.2) is 0 Å². The number of carbonyl (C=O) groups is 2. The summed E-state index contributed by atoms with van der Waals surface area (Å²) >= 11 is 5.84. The molecule has 5 nitrogen and oxygen atoms in total. The van der Waals surface area contributed by atoms with E-state index in [1.54, 1.807) is 48.5 Å². The van der Waals surface area contributed by atoms with Gasteiger partial charge in [0.2, 0.25) is 5.91 Å². The van der Waals surface area contributed by atoms with Crippen molar-refractivity contribution in [2.45, 2.75) is 38.1 Å². The molecular weight excluding hydrogens is 397 g/mol. The topological polar surface area (TPSA) is 84.2 Å². The number of carbonyl (C=O) groups excluding carboxylic acids is 2. The van der Waals surface area contributed by atoms with E-state index in [-0.39, 0.29) is 30.1 Å². The molecule has 4 N–H and O–H groups in total. The SMILES string of the molecule is CC1(N)CCCCC1C(=O)Nc1ccc(NC(=O)c2ccc(Cl)cc2)cc1.Cl. The minimum absolute atomic E-state index is 0. The molecule has 1 saturated carbocycles. The van der Waals surface area contributed by atoms with Crippen molar-refractivity contribution in [3.63, 3.8) is 0 Å². The lowest BCUT2D eigenvalue weighted by atomic mass is 9.74. The van der Waals surface area contributed by atoms with Crippen LogP contribution in [0.2, 0.25) is 5.02 Å². The van der Waals surface area contributed by atoms with E-state index in [2.05, 4.69) is 10.6 Å². The zero-order valence-corrected chi connectivity index (χ0v) is 17.3. The molecular formula is C21H25Cl2N3O2. The molecule has 1 aliphatic carbocycles. The van der Waals surface area contributed by atoms with Crippen LogP contribution in [0.15, 0.2) is 48.5 Å². The normalized spacial score (nSPS) is 21.3. The summed E-state index contributed by atoms with van der Waals surface area (Å²) in [6.45, 7) is 1.95. The van der Waals surface area contributed by atoms with Crippen molar-refractivity contribution in [2.75, 3.05) is 10.6 Å². The second kappa shape index (κ2) is 9.41. The molecule has 1 aliphatic rings. The summed E-state index contributed by atoms with van der Waals surface area (Å²) in [7, 11) is 0. The molecule has 1 fully saturated rings. The summed E-state index contributed by atoms with van der Waals surface area (Å²) in [5, 5.41) is 6.34.